The van der Waals surface area contributed by atoms with Gasteiger partial charge in [0.15, 0.2) is 0 Å². The summed E-state index contributed by atoms with van der Waals surface area (Å²) in [6.45, 7) is 6.42. The van der Waals surface area contributed by atoms with E-state index in [0.29, 0.717) is 24.3 Å². The molecule has 2 N–H and O–H groups in total. The van der Waals surface area contributed by atoms with Crippen LogP contribution in [0.3, 0.4) is 0 Å². The van der Waals surface area contributed by atoms with Gasteiger partial charge >= 0.3 is 0 Å². The molecular formula is C15H24N2O3S. The Hall–Kier alpha value is -1.11. The lowest BCUT2D eigenvalue weighted by atomic mass is 9.96. The molecule has 1 unspecified atom stereocenters. The van der Waals surface area contributed by atoms with Crippen LogP contribution in [-0.2, 0) is 14.8 Å². The van der Waals surface area contributed by atoms with E-state index < -0.39 is 15.6 Å². The zero-order chi connectivity index (χ0) is 15.8. The predicted molar refractivity (Wildman–Crippen MR) is 83.7 cm³/mol. The standard InChI is InChI=1S/C15H24N2O3S/c1-11-6-7-12(2)14(13(11)16)21(18,19)17-9-5-8-15(3,10-17)20-4/h6-7H,5,8-10,16H2,1-4H3. The van der Waals surface area contributed by atoms with E-state index in [-0.39, 0.29) is 4.90 Å². The highest BCUT2D eigenvalue weighted by Gasteiger charge is 2.38. The number of nitrogens with zero attached hydrogens (tertiary/aromatic N) is 1. The van der Waals surface area contributed by atoms with Gasteiger partial charge in [-0.15, -0.1) is 0 Å². The van der Waals surface area contributed by atoms with Crippen molar-refractivity contribution in [2.24, 2.45) is 0 Å². The molecule has 118 valence electrons. The molecule has 0 aliphatic carbocycles. The molecule has 1 aromatic rings. The summed E-state index contributed by atoms with van der Waals surface area (Å²) < 4.78 is 32.9. The molecule has 1 saturated heterocycles. The zero-order valence-electron chi connectivity index (χ0n) is 13.1. The number of aryl methyl sites for hydroxylation is 2. The lowest BCUT2D eigenvalue weighted by Crippen LogP contribution is -2.49. The van der Waals surface area contributed by atoms with Gasteiger partial charge in [-0.2, -0.15) is 4.31 Å². The minimum Gasteiger partial charge on any atom is -0.397 e. The summed E-state index contributed by atoms with van der Waals surface area (Å²) in [5.41, 5.74) is 7.42. The molecule has 0 amide bonds. The van der Waals surface area contributed by atoms with Crippen molar-refractivity contribution in [2.45, 2.75) is 44.1 Å². The van der Waals surface area contributed by atoms with Crippen molar-refractivity contribution in [3.8, 4) is 0 Å². The molecule has 1 aliphatic heterocycles. The van der Waals surface area contributed by atoms with Gasteiger partial charge in [0.1, 0.15) is 4.90 Å². The van der Waals surface area contributed by atoms with Crippen LogP contribution in [0.15, 0.2) is 17.0 Å². The first-order valence-corrected chi connectivity index (χ1v) is 8.56. The van der Waals surface area contributed by atoms with E-state index in [1.807, 2.05) is 19.9 Å². The number of nitrogens with two attached hydrogens (primary N) is 1. The monoisotopic (exact) mass is 312 g/mol. The third kappa shape index (κ3) is 2.93. The van der Waals surface area contributed by atoms with Crippen molar-refractivity contribution in [3.63, 3.8) is 0 Å². The van der Waals surface area contributed by atoms with Crippen LogP contribution in [0.4, 0.5) is 5.69 Å². The summed E-state index contributed by atoms with van der Waals surface area (Å²) in [6, 6.07) is 3.65. The second kappa shape index (κ2) is 5.59. The van der Waals surface area contributed by atoms with Crippen LogP contribution in [0.25, 0.3) is 0 Å². The summed E-state index contributed by atoms with van der Waals surface area (Å²) >= 11 is 0. The molecule has 1 atom stereocenters. The first-order valence-electron chi connectivity index (χ1n) is 7.12. The van der Waals surface area contributed by atoms with Gasteiger partial charge in [-0.25, -0.2) is 8.42 Å². The van der Waals surface area contributed by atoms with E-state index >= 15 is 0 Å². The summed E-state index contributed by atoms with van der Waals surface area (Å²) in [6.07, 6.45) is 1.64. The molecule has 1 aliphatic rings. The zero-order valence-corrected chi connectivity index (χ0v) is 14.0. The van der Waals surface area contributed by atoms with Gasteiger partial charge in [0.05, 0.1) is 11.3 Å². The number of ether oxygens (including phenoxy) is 1. The highest BCUT2D eigenvalue weighted by Crippen LogP contribution is 2.33. The molecule has 1 fully saturated rings. The summed E-state index contributed by atoms with van der Waals surface area (Å²) in [5.74, 6) is 0. The van der Waals surface area contributed by atoms with E-state index in [1.54, 1.807) is 20.1 Å². The number of nitrogen functional groups attached to an aromatic ring is 1. The quantitative estimate of drug-likeness (QED) is 0.867. The Morgan fingerprint density at radius 1 is 1.29 bits per heavy atom. The third-order valence-corrected chi connectivity index (χ3v) is 6.37. The summed E-state index contributed by atoms with van der Waals surface area (Å²) in [7, 11) is -1.97. The fourth-order valence-corrected chi connectivity index (χ4v) is 4.80. The fraction of sp³-hybridized carbons (Fsp3) is 0.600. The van der Waals surface area contributed by atoms with Crippen LogP contribution >= 0.6 is 0 Å². The number of rotatable bonds is 3. The molecule has 0 radical (unpaired) electrons. The number of hydrogen-bond donors (Lipinski definition) is 1. The van der Waals surface area contributed by atoms with Crippen molar-refractivity contribution in [2.75, 3.05) is 25.9 Å². The van der Waals surface area contributed by atoms with Gasteiger partial charge in [-0.05, 0) is 44.7 Å². The van der Waals surface area contributed by atoms with Crippen LogP contribution in [0.5, 0.6) is 0 Å². The maximum absolute atomic E-state index is 13.0. The van der Waals surface area contributed by atoms with Crippen LogP contribution < -0.4 is 5.73 Å². The highest BCUT2D eigenvalue weighted by atomic mass is 32.2. The van der Waals surface area contributed by atoms with Crippen molar-refractivity contribution in [3.05, 3.63) is 23.3 Å². The molecule has 5 nitrogen and oxygen atoms in total. The van der Waals surface area contributed by atoms with Gasteiger partial charge < -0.3 is 10.5 Å². The topological polar surface area (TPSA) is 72.6 Å². The number of sulfonamides is 1. The van der Waals surface area contributed by atoms with Crippen molar-refractivity contribution >= 4 is 15.7 Å². The van der Waals surface area contributed by atoms with Crippen LogP contribution in [0, 0.1) is 13.8 Å². The van der Waals surface area contributed by atoms with E-state index in [0.717, 1.165) is 18.4 Å². The number of piperidine rings is 1. The Bertz CT molecular complexity index is 643. The molecule has 0 aromatic heterocycles. The lowest BCUT2D eigenvalue weighted by molar-refractivity contribution is -0.0319. The normalized spacial score (nSPS) is 24.2. The number of benzene rings is 1. The van der Waals surface area contributed by atoms with Crippen LogP contribution in [0.1, 0.15) is 30.9 Å². The highest BCUT2D eigenvalue weighted by molar-refractivity contribution is 7.89. The SMILES string of the molecule is COC1(C)CCCN(S(=O)(=O)c2c(C)ccc(C)c2N)C1. The average molecular weight is 312 g/mol. The molecule has 2 rings (SSSR count). The van der Waals surface area contributed by atoms with E-state index in [4.69, 9.17) is 10.5 Å². The Balaban J connectivity index is 2.46. The molecular weight excluding hydrogens is 288 g/mol. The molecule has 1 heterocycles. The number of anilines is 1. The third-order valence-electron chi connectivity index (χ3n) is 4.33. The average Bonchev–Trinajstić information content (AvgIpc) is 2.43. The summed E-state index contributed by atoms with van der Waals surface area (Å²) in [5, 5.41) is 0. The smallest absolute Gasteiger partial charge is 0.245 e. The predicted octanol–water partition coefficient (Wildman–Crippen LogP) is 2.08. The molecule has 21 heavy (non-hydrogen) atoms. The van der Waals surface area contributed by atoms with Crippen LogP contribution in [-0.4, -0.2) is 38.5 Å². The Labute approximate surface area is 127 Å². The fourth-order valence-electron chi connectivity index (χ4n) is 2.81. The number of methoxy groups -OCH3 is 1. The van der Waals surface area contributed by atoms with Gasteiger partial charge in [0.25, 0.3) is 0 Å². The van der Waals surface area contributed by atoms with Crippen LogP contribution in [0.2, 0.25) is 0 Å². The van der Waals surface area contributed by atoms with E-state index in [2.05, 4.69) is 0 Å². The second-order valence-corrected chi connectivity index (χ2v) is 7.91. The maximum atomic E-state index is 13.0. The maximum Gasteiger partial charge on any atom is 0.245 e. The van der Waals surface area contributed by atoms with E-state index in [9.17, 15) is 8.42 Å². The van der Waals surface area contributed by atoms with Gasteiger partial charge in [-0.3, -0.25) is 0 Å². The largest absolute Gasteiger partial charge is 0.397 e. The lowest BCUT2D eigenvalue weighted by Gasteiger charge is -2.39. The van der Waals surface area contributed by atoms with Gasteiger partial charge in [0, 0.05) is 20.2 Å². The van der Waals surface area contributed by atoms with Crippen molar-refractivity contribution in [1.29, 1.82) is 0 Å². The first-order chi connectivity index (χ1) is 9.71. The van der Waals surface area contributed by atoms with Gasteiger partial charge in [0.2, 0.25) is 10.0 Å². The molecule has 1 aromatic carbocycles. The Morgan fingerprint density at radius 3 is 2.52 bits per heavy atom. The minimum atomic E-state index is -3.60. The van der Waals surface area contributed by atoms with Gasteiger partial charge in [-0.1, -0.05) is 12.1 Å². The minimum absolute atomic E-state index is 0.239. The molecule has 0 bridgehead atoms. The second-order valence-electron chi connectivity index (χ2n) is 6.04. The summed E-state index contributed by atoms with van der Waals surface area (Å²) in [4.78, 5) is 0.239. The Kier molecular flexibility index (Phi) is 4.33. The van der Waals surface area contributed by atoms with Crippen molar-refractivity contribution < 1.29 is 13.2 Å². The molecule has 0 saturated carbocycles. The molecule has 6 heteroatoms. The van der Waals surface area contributed by atoms with Crippen molar-refractivity contribution in [1.82, 2.24) is 4.31 Å². The number of hydrogen-bond acceptors (Lipinski definition) is 4. The molecule has 0 spiro atoms. The Morgan fingerprint density at radius 2 is 1.90 bits per heavy atom. The van der Waals surface area contributed by atoms with E-state index in [1.165, 1.54) is 4.31 Å². The first kappa shape index (κ1) is 16.3.